The highest BCUT2D eigenvalue weighted by molar-refractivity contribution is 5.99. The van der Waals surface area contributed by atoms with Gasteiger partial charge < -0.3 is 24.8 Å². The number of carbonyl (C=O) groups is 1. The number of carbonyl (C=O) groups excluding carboxylic acids is 1. The number of pyridine rings is 1. The van der Waals surface area contributed by atoms with Gasteiger partial charge in [0.2, 0.25) is 0 Å². The molecule has 2 fully saturated rings. The van der Waals surface area contributed by atoms with Crippen molar-refractivity contribution < 1.29 is 31.5 Å². The van der Waals surface area contributed by atoms with Gasteiger partial charge in [-0.25, -0.2) is 22.0 Å². The molecule has 1 aliphatic heterocycles. The van der Waals surface area contributed by atoms with Crippen molar-refractivity contribution in [2.75, 3.05) is 32.6 Å². The minimum absolute atomic E-state index is 0.0845. The number of hydrogen-bond donors (Lipinski definition) is 2. The number of alkyl halides is 4. The molecule has 2 heterocycles. The molecule has 0 bridgehead atoms. The van der Waals surface area contributed by atoms with Gasteiger partial charge in [0.1, 0.15) is 11.4 Å². The maximum Gasteiger partial charge on any atom is 0.266 e. The number of piperidine rings is 1. The summed E-state index contributed by atoms with van der Waals surface area (Å²) in [6.07, 6.45) is -4.22. The zero-order chi connectivity index (χ0) is 27.8. The number of methoxy groups -OCH3 is 1. The van der Waals surface area contributed by atoms with E-state index in [0.29, 0.717) is 13.0 Å². The van der Waals surface area contributed by atoms with Crippen molar-refractivity contribution in [3.05, 3.63) is 63.3 Å². The molecule has 2 N–H and O–H groups in total. The van der Waals surface area contributed by atoms with Crippen LogP contribution < -0.4 is 16.2 Å². The van der Waals surface area contributed by atoms with Crippen molar-refractivity contribution in [2.24, 2.45) is 0 Å². The van der Waals surface area contributed by atoms with Gasteiger partial charge in [-0.2, -0.15) is 0 Å². The highest BCUT2D eigenvalue weighted by Crippen LogP contribution is 2.48. The first-order valence-corrected chi connectivity index (χ1v) is 12.4. The van der Waals surface area contributed by atoms with E-state index in [1.807, 2.05) is 7.05 Å². The Hall–Kier alpha value is -2.99. The van der Waals surface area contributed by atoms with Crippen LogP contribution in [0.1, 0.15) is 60.1 Å². The Morgan fingerprint density at radius 3 is 2.47 bits per heavy atom. The van der Waals surface area contributed by atoms with Gasteiger partial charge in [-0.1, -0.05) is 18.2 Å². The number of likely N-dealkylation sites (tertiary alicyclic amines) is 1. The maximum absolute atomic E-state index is 14.7. The third-order valence-corrected chi connectivity index (χ3v) is 7.46. The quantitative estimate of drug-likeness (QED) is 0.463. The van der Waals surface area contributed by atoms with Gasteiger partial charge in [0.25, 0.3) is 24.3 Å². The van der Waals surface area contributed by atoms with E-state index in [4.69, 9.17) is 4.74 Å². The van der Waals surface area contributed by atoms with Crippen molar-refractivity contribution >= 4 is 11.6 Å². The Morgan fingerprint density at radius 2 is 1.87 bits per heavy atom. The molecule has 0 radical (unpaired) electrons. The number of halogens is 5. The van der Waals surface area contributed by atoms with E-state index in [0.717, 1.165) is 29.4 Å². The third kappa shape index (κ3) is 5.42. The lowest BCUT2D eigenvalue weighted by Crippen LogP contribution is -2.49. The zero-order valence-corrected chi connectivity index (χ0v) is 21.3. The lowest BCUT2D eigenvalue weighted by atomic mass is 10.0. The van der Waals surface area contributed by atoms with Gasteiger partial charge in [0.05, 0.1) is 35.0 Å². The molecule has 2 aliphatic rings. The predicted molar refractivity (Wildman–Crippen MR) is 131 cm³/mol. The smallest absolute Gasteiger partial charge is 0.266 e. The highest BCUT2D eigenvalue weighted by atomic mass is 19.3. The van der Waals surface area contributed by atoms with E-state index < -0.39 is 47.3 Å². The standard InChI is InChI=1S/C26H31F5N4O3/c1-14(15-5-4-6-16(22(15)27)23(28)29)32-24(37)17-12-35(26(8-9-26)25(30)31)21(36)11-19(17)33-18-7-10-34(2)13-20(18)38-3/h4-6,11-12,14,18,20,23,25,33H,7-10,13H2,1-3H3,(H,32,37)/t14?,18-,20+/m0/s1. The van der Waals surface area contributed by atoms with Crippen molar-refractivity contribution in [1.82, 2.24) is 14.8 Å². The molecule has 3 atom stereocenters. The molecule has 0 spiro atoms. The van der Waals surface area contributed by atoms with E-state index in [9.17, 15) is 31.5 Å². The number of anilines is 1. The number of benzene rings is 1. The summed E-state index contributed by atoms with van der Waals surface area (Å²) in [5, 5.41) is 5.75. The normalized spacial score (nSPS) is 21.9. The van der Waals surface area contributed by atoms with Crippen LogP contribution in [0.3, 0.4) is 0 Å². The summed E-state index contributed by atoms with van der Waals surface area (Å²) in [6.45, 7) is 2.74. The second-order valence-electron chi connectivity index (χ2n) is 10.0. The van der Waals surface area contributed by atoms with Crippen LogP contribution in [0.25, 0.3) is 0 Å². The van der Waals surface area contributed by atoms with Gasteiger partial charge in [0.15, 0.2) is 0 Å². The average molecular weight is 543 g/mol. The third-order valence-electron chi connectivity index (χ3n) is 7.46. The summed E-state index contributed by atoms with van der Waals surface area (Å²) < 4.78 is 75.3. The fourth-order valence-electron chi connectivity index (χ4n) is 4.97. The molecule has 1 saturated carbocycles. The second kappa shape index (κ2) is 11.0. The molecule has 7 nitrogen and oxygen atoms in total. The van der Waals surface area contributed by atoms with Crippen LogP contribution in [0.15, 0.2) is 35.3 Å². The Bertz CT molecular complexity index is 1230. The molecule has 1 saturated heterocycles. The Labute approximate surface area is 217 Å². The molecule has 4 rings (SSSR count). The van der Waals surface area contributed by atoms with Gasteiger partial charge in [-0.15, -0.1) is 0 Å². The van der Waals surface area contributed by atoms with Crippen molar-refractivity contribution in [1.29, 1.82) is 0 Å². The van der Waals surface area contributed by atoms with E-state index in [1.54, 1.807) is 7.11 Å². The molecule has 208 valence electrons. The first-order valence-electron chi connectivity index (χ1n) is 12.4. The van der Waals surface area contributed by atoms with Gasteiger partial charge in [-0.3, -0.25) is 9.59 Å². The van der Waals surface area contributed by atoms with E-state index in [2.05, 4.69) is 15.5 Å². The first kappa shape index (κ1) is 28.0. The summed E-state index contributed by atoms with van der Waals surface area (Å²) in [4.78, 5) is 28.4. The van der Waals surface area contributed by atoms with Crippen LogP contribution in [-0.2, 0) is 10.3 Å². The topological polar surface area (TPSA) is 75.6 Å². The number of hydrogen-bond acceptors (Lipinski definition) is 5. The number of rotatable bonds is 9. The molecule has 1 aromatic carbocycles. The highest BCUT2D eigenvalue weighted by Gasteiger charge is 2.53. The molecule has 1 aliphatic carbocycles. The SMILES string of the molecule is CO[C@@H]1CN(C)CC[C@@H]1Nc1cc(=O)n(C2(C(F)F)CC2)cc1C(=O)NC(C)c1cccc(C(F)F)c1F. The van der Waals surface area contributed by atoms with Crippen molar-refractivity contribution in [3.8, 4) is 0 Å². The largest absolute Gasteiger partial charge is 0.379 e. The van der Waals surface area contributed by atoms with Crippen molar-refractivity contribution in [2.45, 2.75) is 62.8 Å². The minimum atomic E-state index is -3.04. The monoisotopic (exact) mass is 542 g/mol. The first-order chi connectivity index (χ1) is 18.0. The molecular weight excluding hydrogens is 511 g/mol. The molecule has 12 heteroatoms. The van der Waals surface area contributed by atoms with Gasteiger partial charge in [-0.05, 0) is 39.8 Å². The minimum Gasteiger partial charge on any atom is -0.379 e. The number of likely N-dealkylation sites (N-methyl/N-ethyl adjacent to an activating group) is 1. The molecule has 1 amide bonds. The Morgan fingerprint density at radius 1 is 1.18 bits per heavy atom. The summed E-state index contributed by atoms with van der Waals surface area (Å²) in [5.41, 5.74) is -3.29. The summed E-state index contributed by atoms with van der Waals surface area (Å²) in [7, 11) is 3.48. The van der Waals surface area contributed by atoms with Crippen LogP contribution in [-0.4, -0.2) is 61.2 Å². The summed E-state index contributed by atoms with van der Waals surface area (Å²) in [6, 6.07) is 3.31. The molecule has 1 unspecified atom stereocenters. The van der Waals surface area contributed by atoms with Crippen molar-refractivity contribution in [3.63, 3.8) is 0 Å². The second-order valence-corrected chi connectivity index (χ2v) is 10.0. The predicted octanol–water partition coefficient (Wildman–Crippen LogP) is 4.30. The number of nitrogens with zero attached hydrogens (tertiary/aromatic N) is 2. The number of aromatic nitrogens is 1. The maximum atomic E-state index is 14.7. The van der Waals surface area contributed by atoms with Crippen LogP contribution >= 0.6 is 0 Å². The van der Waals surface area contributed by atoms with E-state index in [-0.39, 0.29) is 41.8 Å². The fraction of sp³-hybridized carbons (Fsp3) is 0.538. The molecule has 2 aromatic rings. The summed E-state index contributed by atoms with van der Waals surface area (Å²) in [5.74, 6) is -1.91. The van der Waals surface area contributed by atoms with E-state index in [1.165, 1.54) is 19.1 Å². The van der Waals surface area contributed by atoms with Gasteiger partial charge >= 0.3 is 0 Å². The number of nitrogens with one attached hydrogen (secondary N) is 2. The Balaban J connectivity index is 1.69. The number of ether oxygens (including phenoxy) is 1. The van der Waals surface area contributed by atoms with Crippen LogP contribution in [0.5, 0.6) is 0 Å². The van der Waals surface area contributed by atoms with Crippen LogP contribution in [0.2, 0.25) is 0 Å². The lowest BCUT2D eigenvalue weighted by Gasteiger charge is -2.37. The molecule has 38 heavy (non-hydrogen) atoms. The van der Waals surface area contributed by atoms with Crippen LogP contribution in [0, 0.1) is 5.82 Å². The molecule has 1 aromatic heterocycles. The van der Waals surface area contributed by atoms with Gasteiger partial charge in [0, 0.05) is 31.5 Å². The van der Waals surface area contributed by atoms with E-state index >= 15 is 0 Å². The Kier molecular flexibility index (Phi) is 8.12. The summed E-state index contributed by atoms with van der Waals surface area (Å²) >= 11 is 0. The lowest BCUT2D eigenvalue weighted by molar-refractivity contribution is 0.0312. The fourth-order valence-corrected chi connectivity index (χ4v) is 4.97. The molecular formula is C26H31F5N4O3. The zero-order valence-electron chi connectivity index (χ0n) is 21.3. The van der Waals surface area contributed by atoms with Crippen LogP contribution in [0.4, 0.5) is 27.6 Å². The number of amides is 1. The average Bonchev–Trinajstić information content (AvgIpc) is 3.67.